The van der Waals surface area contributed by atoms with Crippen LogP contribution in [0.1, 0.15) is 18.0 Å². The van der Waals surface area contributed by atoms with Gasteiger partial charge in [-0.05, 0) is 6.07 Å². The van der Waals surface area contributed by atoms with Gasteiger partial charge in [-0.15, -0.1) is 0 Å². The van der Waals surface area contributed by atoms with Crippen molar-refractivity contribution in [1.82, 2.24) is 19.5 Å². The van der Waals surface area contributed by atoms with Crippen LogP contribution >= 0.6 is 0 Å². The zero-order valence-corrected chi connectivity index (χ0v) is 15.1. The van der Waals surface area contributed by atoms with Gasteiger partial charge < -0.3 is 24.4 Å². The molecule has 1 saturated heterocycles. The minimum absolute atomic E-state index is 0.0607. The summed E-state index contributed by atoms with van der Waals surface area (Å²) in [6.45, 7) is 0.160. The van der Waals surface area contributed by atoms with Crippen molar-refractivity contribution in [2.45, 2.75) is 24.2 Å². The van der Waals surface area contributed by atoms with Crippen LogP contribution in [0, 0.1) is 0 Å². The monoisotopic (exact) mass is 385 g/mol. The first-order valence-electron chi connectivity index (χ1n) is 9.22. The Morgan fingerprint density at radius 2 is 2.11 bits per heavy atom. The zero-order valence-electron chi connectivity index (χ0n) is 15.1. The first kappa shape index (κ1) is 17.3. The third-order valence-corrected chi connectivity index (χ3v) is 5.54. The molecule has 28 heavy (non-hydrogen) atoms. The Labute approximate surface area is 160 Å². The third kappa shape index (κ3) is 2.61. The number of nitrogens with zero attached hydrogens (tertiary/aromatic N) is 5. The van der Waals surface area contributed by atoms with Crippen LogP contribution in [0.15, 0.2) is 36.9 Å². The van der Waals surface area contributed by atoms with Gasteiger partial charge in [0.25, 0.3) is 0 Å². The number of hydrogen-bond donors (Lipinski definition) is 2. The van der Waals surface area contributed by atoms with Crippen LogP contribution in [0.4, 0.5) is 10.2 Å². The van der Waals surface area contributed by atoms with Crippen molar-refractivity contribution in [2.75, 3.05) is 31.2 Å². The number of imidazole rings is 1. The minimum atomic E-state index is -1.63. The molecule has 1 aromatic carbocycles. The molecule has 2 aromatic heterocycles. The van der Waals surface area contributed by atoms with Crippen molar-refractivity contribution < 1.29 is 19.3 Å². The molecule has 2 N–H and O–H groups in total. The van der Waals surface area contributed by atoms with Crippen molar-refractivity contribution in [1.29, 1.82) is 0 Å². The Morgan fingerprint density at radius 3 is 2.93 bits per heavy atom. The quantitative estimate of drug-likeness (QED) is 0.696. The van der Waals surface area contributed by atoms with Crippen LogP contribution in [0.5, 0.6) is 5.75 Å². The van der Waals surface area contributed by atoms with Gasteiger partial charge in [0.2, 0.25) is 0 Å². The van der Waals surface area contributed by atoms with Crippen LogP contribution in [0.3, 0.4) is 0 Å². The maximum atomic E-state index is 14.5. The summed E-state index contributed by atoms with van der Waals surface area (Å²) in [5.74, 6) is 1.25. The summed E-state index contributed by atoms with van der Waals surface area (Å²) in [5, 5.41) is 19.9. The van der Waals surface area contributed by atoms with E-state index in [-0.39, 0.29) is 19.6 Å². The predicted molar refractivity (Wildman–Crippen MR) is 99.2 cm³/mol. The Bertz CT molecular complexity index is 1030. The fourth-order valence-corrected chi connectivity index (χ4v) is 4.09. The van der Waals surface area contributed by atoms with Gasteiger partial charge in [0.1, 0.15) is 24.8 Å². The highest BCUT2D eigenvalue weighted by atomic mass is 19.1. The number of rotatable bonds is 3. The molecule has 1 unspecified atom stereocenters. The van der Waals surface area contributed by atoms with E-state index in [9.17, 15) is 14.6 Å². The lowest BCUT2D eigenvalue weighted by Gasteiger charge is -2.31. The molecule has 1 fully saturated rings. The van der Waals surface area contributed by atoms with E-state index in [0.29, 0.717) is 23.5 Å². The molecule has 146 valence electrons. The van der Waals surface area contributed by atoms with E-state index < -0.39 is 24.4 Å². The van der Waals surface area contributed by atoms with E-state index in [1.807, 2.05) is 28.8 Å². The summed E-state index contributed by atoms with van der Waals surface area (Å²) >= 11 is 0. The Balaban J connectivity index is 1.58. The number of hydrogen-bond acceptors (Lipinski definition) is 7. The van der Waals surface area contributed by atoms with E-state index in [1.54, 1.807) is 11.2 Å². The van der Waals surface area contributed by atoms with Gasteiger partial charge in [0, 0.05) is 18.5 Å². The van der Waals surface area contributed by atoms with Crippen LogP contribution < -0.4 is 9.64 Å². The van der Waals surface area contributed by atoms with Crippen LogP contribution in [0.25, 0.3) is 11.2 Å². The molecular formula is C19H20FN5O3. The van der Waals surface area contributed by atoms with Gasteiger partial charge in [-0.2, -0.15) is 0 Å². The van der Waals surface area contributed by atoms with Gasteiger partial charge in [-0.3, -0.25) is 0 Å². The lowest BCUT2D eigenvalue weighted by molar-refractivity contribution is 0.0579. The zero-order chi connectivity index (χ0) is 19.3. The fourth-order valence-electron chi connectivity index (χ4n) is 4.09. The van der Waals surface area contributed by atoms with Crippen LogP contribution in [-0.2, 0) is 0 Å². The van der Waals surface area contributed by atoms with Gasteiger partial charge in [-0.25, -0.2) is 19.3 Å². The molecule has 2 aliphatic rings. The average molecular weight is 385 g/mol. The molecule has 0 spiro atoms. The SMILES string of the molecule is OCC1(F)CCN(c2ncnc3c2ncn3[C@H]2c3ccccc3OC[C@@H]2O)C1. The molecule has 0 aliphatic carbocycles. The lowest BCUT2D eigenvalue weighted by Crippen LogP contribution is -2.34. The Hall–Kier alpha value is -2.78. The van der Waals surface area contributed by atoms with Crippen molar-refractivity contribution in [3.05, 3.63) is 42.5 Å². The number of aliphatic hydroxyl groups excluding tert-OH is 2. The number of aromatic nitrogens is 4. The maximum Gasteiger partial charge on any atom is 0.166 e. The lowest BCUT2D eigenvalue weighted by atomic mass is 9.98. The number of ether oxygens (including phenoxy) is 1. The number of anilines is 1. The Morgan fingerprint density at radius 1 is 1.25 bits per heavy atom. The first-order valence-corrected chi connectivity index (χ1v) is 9.22. The van der Waals surface area contributed by atoms with Crippen molar-refractivity contribution in [3.8, 4) is 5.75 Å². The van der Waals surface area contributed by atoms with E-state index in [1.165, 1.54) is 6.33 Å². The van der Waals surface area contributed by atoms with Crippen LogP contribution in [0.2, 0.25) is 0 Å². The third-order valence-electron chi connectivity index (χ3n) is 5.54. The summed E-state index contributed by atoms with van der Waals surface area (Å²) < 4.78 is 21.9. The minimum Gasteiger partial charge on any atom is -0.490 e. The molecule has 0 bridgehead atoms. The average Bonchev–Trinajstić information content (AvgIpc) is 3.32. The van der Waals surface area contributed by atoms with Crippen molar-refractivity contribution >= 4 is 17.0 Å². The van der Waals surface area contributed by atoms with Crippen molar-refractivity contribution in [2.24, 2.45) is 0 Å². The Kier molecular flexibility index (Phi) is 3.95. The summed E-state index contributed by atoms with van der Waals surface area (Å²) in [5.41, 5.74) is 0.326. The van der Waals surface area contributed by atoms with E-state index >= 15 is 0 Å². The number of benzene rings is 1. The second-order valence-electron chi connectivity index (χ2n) is 7.36. The molecule has 3 atom stereocenters. The topological polar surface area (TPSA) is 96.5 Å². The molecule has 4 heterocycles. The second-order valence-corrected chi connectivity index (χ2v) is 7.36. The highest BCUT2D eigenvalue weighted by Crippen LogP contribution is 2.37. The molecule has 0 radical (unpaired) electrons. The first-order chi connectivity index (χ1) is 13.6. The van der Waals surface area contributed by atoms with Gasteiger partial charge in [0.15, 0.2) is 22.7 Å². The number of fused-ring (bicyclic) bond motifs is 2. The molecule has 5 rings (SSSR count). The molecule has 0 saturated carbocycles. The van der Waals surface area contributed by atoms with E-state index in [4.69, 9.17) is 4.74 Å². The molecule has 0 amide bonds. The fraction of sp³-hybridized carbons (Fsp3) is 0.421. The van der Waals surface area contributed by atoms with Crippen molar-refractivity contribution in [3.63, 3.8) is 0 Å². The van der Waals surface area contributed by atoms with Gasteiger partial charge >= 0.3 is 0 Å². The van der Waals surface area contributed by atoms with Crippen LogP contribution in [-0.4, -0.2) is 67.8 Å². The number of halogens is 1. The van der Waals surface area contributed by atoms with Gasteiger partial charge in [-0.1, -0.05) is 18.2 Å². The molecule has 3 aromatic rings. The number of para-hydroxylation sites is 1. The summed E-state index contributed by atoms with van der Waals surface area (Å²) in [7, 11) is 0. The van der Waals surface area contributed by atoms with Gasteiger partial charge in [0.05, 0.1) is 25.5 Å². The molecule has 2 aliphatic heterocycles. The number of alkyl halides is 1. The molecule has 9 heteroatoms. The highest BCUT2D eigenvalue weighted by Gasteiger charge is 2.39. The second kappa shape index (κ2) is 6.39. The summed E-state index contributed by atoms with van der Waals surface area (Å²) in [4.78, 5) is 15.0. The largest absolute Gasteiger partial charge is 0.490 e. The maximum absolute atomic E-state index is 14.5. The summed E-state index contributed by atoms with van der Waals surface area (Å²) in [6.07, 6.45) is 2.53. The normalized spacial score (nSPS) is 27.0. The number of aliphatic hydroxyl groups is 2. The molecular weight excluding hydrogens is 365 g/mol. The highest BCUT2D eigenvalue weighted by molar-refractivity contribution is 5.83. The molecule has 8 nitrogen and oxygen atoms in total. The predicted octanol–water partition coefficient (Wildman–Crippen LogP) is 1.08. The van der Waals surface area contributed by atoms with E-state index in [0.717, 1.165) is 11.3 Å². The summed E-state index contributed by atoms with van der Waals surface area (Å²) in [6, 6.07) is 7.17. The smallest absolute Gasteiger partial charge is 0.166 e. The standard InChI is InChI=1S/C19H20FN5O3/c20-19(9-26)5-6-24(8-19)17-15-18(22-10-21-17)25(11-23-15)16-12-3-1-2-4-14(12)28-7-13(16)27/h1-4,10-11,13,16,26-27H,5-9H2/t13-,16-,19?/m0/s1. The van der Waals surface area contributed by atoms with E-state index in [2.05, 4.69) is 15.0 Å².